The fourth-order valence-corrected chi connectivity index (χ4v) is 22.2. The predicted molar refractivity (Wildman–Crippen MR) is 529 cm³/mol. The maximum Gasteiger partial charge on any atom is 0.299 e. The molecule has 7 heterocycles. The van der Waals surface area contributed by atoms with Gasteiger partial charge in [-0.05, 0) is 275 Å². The molecule has 0 radical (unpaired) electrons. The van der Waals surface area contributed by atoms with E-state index in [0.29, 0.717) is 104 Å². The Labute approximate surface area is 825 Å². The van der Waals surface area contributed by atoms with Crippen LogP contribution in [0.1, 0.15) is 112 Å². The summed E-state index contributed by atoms with van der Waals surface area (Å²) in [6, 6.07) is 31.0. The van der Waals surface area contributed by atoms with Gasteiger partial charge in [-0.1, -0.05) is 62.2 Å². The largest absolute Gasteiger partial charge is 0.396 e. The van der Waals surface area contributed by atoms with E-state index in [1.165, 1.54) is 82.7 Å². The molecule has 1 fully saturated rings. The van der Waals surface area contributed by atoms with Crippen LogP contribution in [0.15, 0.2) is 168 Å². The van der Waals surface area contributed by atoms with E-state index in [0.717, 1.165) is 68.7 Å². The van der Waals surface area contributed by atoms with E-state index in [9.17, 15) is 62.7 Å². The van der Waals surface area contributed by atoms with Crippen LogP contribution in [0.3, 0.4) is 0 Å². The number of sulfonamides is 1. The first-order valence-corrected chi connectivity index (χ1v) is 51.1. The lowest BCUT2D eigenvalue weighted by Gasteiger charge is -2.19. The van der Waals surface area contributed by atoms with Gasteiger partial charge in [-0.2, -0.15) is 35.0 Å². The van der Waals surface area contributed by atoms with Crippen LogP contribution < -0.4 is 14.2 Å². The minimum Gasteiger partial charge on any atom is -0.396 e. The van der Waals surface area contributed by atoms with Crippen LogP contribution >= 0.6 is 157 Å². The first kappa shape index (κ1) is 102. The van der Waals surface area contributed by atoms with E-state index in [1.807, 2.05) is 52.9 Å². The smallest absolute Gasteiger partial charge is 0.299 e. The molecule has 8 N–H and O–H groups in total. The number of aliphatic hydroxyl groups is 5. The Morgan fingerprint density at radius 2 is 0.840 bits per heavy atom. The quantitative estimate of drug-likeness (QED) is 0.00791. The highest BCUT2D eigenvalue weighted by atomic mass is 127. The van der Waals surface area contributed by atoms with Crippen molar-refractivity contribution < 1.29 is 97.3 Å². The number of ether oxygens (including phenoxy) is 3. The van der Waals surface area contributed by atoms with Gasteiger partial charge in [-0.15, -0.1) is 0 Å². The number of pyridine rings is 2. The third kappa shape index (κ3) is 26.6. The molecule has 0 spiro atoms. The molecule has 0 atom stereocenters. The highest BCUT2D eigenvalue weighted by Crippen LogP contribution is 2.48. The minimum absolute atomic E-state index is 0.00764. The van der Waals surface area contributed by atoms with Crippen molar-refractivity contribution in [3.63, 3.8) is 0 Å². The summed E-state index contributed by atoms with van der Waals surface area (Å²) in [6.45, 7) is 0.173. The number of aromatic nitrogens is 7. The molecule has 25 nitrogen and oxygen atoms in total. The average Bonchev–Trinajstić information content (AvgIpc) is 1.58. The van der Waals surface area contributed by atoms with Gasteiger partial charge in [-0.3, -0.25) is 33.8 Å². The van der Waals surface area contributed by atoms with Crippen LogP contribution in [-0.4, -0.2) is 176 Å². The van der Waals surface area contributed by atoms with Gasteiger partial charge in [0.15, 0.2) is 5.78 Å². The monoisotopic (exact) mass is 2390 g/mol. The first-order valence-electron chi connectivity index (χ1n) is 39.5. The molecule has 1 aliphatic carbocycles. The Morgan fingerprint density at radius 1 is 0.435 bits per heavy atom. The van der Waals surface area contributed by atoms with E-state index >= 15 is 0 Å². The van der Waals surface area contributed by atoms with Crippen LogP contribution in [0, 0.1) is 52.5 Å². The zero-order valence-electron chi connectivity index (χ0n) is 68.6. The number of anilines is 2. The number of carbonyl (C=O) groups excluding carboxylic acids is 3. The molecule has 0 saturated heterocycles. The second-order valence-corrected chi connectivity index (χ2v) is 42.3. The lowest BCUT2D eigenvalue weighted by molar-refractivity contribution is 0.0654. The Balaban J connectivity index is 0.000000148. The predicted octanol–water partition coefficient (Wildman–Crippen LogP) is 18.2. The Hall–Kier alpha value is -7.61. The zero-order valence-corrected chi connectivity index (χ0v) is 84.0. The summed E-state index contributed by atoms with van der Waals surface area (Å²) in [7, 11) is -7.54. The van der Waals surface area contributed by atoms with Gasteiger partial charge in [0.2, 0.25) is 21.6 Å². The van der Waals surface area contributed by atoms with Crippen LogP contribution in [0.2, 0.25) is 0 Å². The first-order chi connectivity index (χ1) is 62.9. The van der Waals surface area contributed by atoms with Crippen molar-refractivity contribution in [2.45, 2.75) is 63.0 Å². The van der Waals surface area contributed by atoms with Crippen LogP contribution in [0.5, 0.6) is 0 Å². The molecule has 0 unspecified atom stereocenters. The molecule has 0 amide bonds. The molecule has 131 heavy (non-hydrogen) atoms. The van der Waals surface area contributed by atoms with E-state index in [1.54, 1.807) is 92.6 Å². The average molecular weight is 2390 g/mol. The summed E-state index contributed by atoms with van der Waals surface area (Å²) < 4.78 is 186. The topological polar surface area (TPSA) is 375 Å². The van der Waals surface area contributed by atoms with Crippen molar-refractivity contribution in [2.24, 2.45) is 0 Å². The number of nitrogens with zero attached hydrogens (tertiary/aromatic N) is 7. The normalized spacial score (nSPS) is 12.3. The second kappa shape index (κ2) is 47.7. The number of fused-ring (bicyclic) bond motifs is 5. The second-order valence-electron chi connectivity index (χ2n) is 29.1. The number of benzene rings is 8. The molecule has 7 aromatic heterocycles. The lowest BCUT2D eigenvalue weighted by atomic mass is 9.95. The summed E-state index contributed by atoms with van der Waals surface area (Å²) in [5, 5.41) is 48.1. The van der Waals surface area contributed by atoms with E-state index in [-0.39, 0.29) is 170 Å². The summed E-state index contributed by atoms with van der Waals surface area (Å²) in [6.07, 6.45) is 13.7. The van der Waals surface area contributed by atoms with Gasteiger partial charge in [0.25, 0.3) is 10.2 Å². The fourth-order valence-electron chi connectivity index (χ4n) is 13.6. The third-order valence-corrected chi connectivity index (χ3v) is 30.9. The number of aliphatic hydroxyl groups excluding tert-OH is 5. The molecule has 1 aliphatic rings. The van der Waals surface area contributed by atoms with Crippen LogP contribution in [-0.2, 0) is 66.5 Å². The van der Waals surface area contributed by atoms with Gasteiger partial charge in [0, 0.05) is 144 Å². The number of halogens is 11. The van der Waals surface area contributed by atoms with Crippen molar-refractivity contribution in [3.8, 4) is 0 Å². The Morgan fingerprint density at radius 3 is 1.29 bits per heavy atom. The summed E-state index contributed by atoms with van der Waals surface area (Å²) in [4.78, 5) is 45.9. The lowest BCUT2D eigenvalue weighted by Crippen LogP contribution is -2.32. The van der Waals surface area contributed by atoms with Crippen molar-refractivity contribution >= 4 is 257 Å². The van der Waals surface area contributed by atoms with Crippen molar-refractivity contribution in [3.05, 3.63) is 291 Å². The zero-order chi connectivity index (χ0) is 93.8. The van der Waals surface area contributed by atoms with Crippen molar-refractivity contribution in [1.82, 2.24) is 36.6 Å². The Bertz CT molecular complexity index is 6760. The highest BCUT2D eigenvalue weighted by molar-refractivity contribution is 14.1. The number of aryl methyl sites for hydroxylation is 1. The SMILES string of the molecule is Cc1cc2cnsc2c(Cc2ccc(I)cc2F)c1NS(=O)(=O)NCCO.O=C(COCCO)c1cc(F)c2cnsc2c1Cc1ccc(Br)cc1F.O=C(COCCO)c1ncc2cnsc2c1Cc1ccc(Br)cc1F.O=C(COCCO)c1ncc2cnsc2c1Cc1ccc(I)cc1F.O=S(=O)(Nc1ccc2cnsc2c1Cc1ccc(I)cc1F)C1(CCO)CC1. The van der Waals surface area contributed by atoms with Crippen molar-refractivity contribution in [2.75, 3.05) is 88.7 Å². The molecular formula is C88H77Br2F6I3N10O15S7. The minimum atomic E-state index is -3.87. The van der Waals surface area contributed by atoms with E-state index in [2.05, 4.69) is 123 Å². The molecule has 16 rings (SSSR count). The third-order valence-electron chi connectivity index (χ3n) is 20.2. The molecule has 43 heteroatoms. The van der Waals surface area contributed by atoms with Gasteiger partial charge in [0.1, 0.15) is 66.1 Å². The summed E-state index contributed by atoms with van der Waals surface area (Å²) >= 11 is 18.7. The molecular weight excluding hydrogens is 2320 g/mol. The Kier molecular flexibility index (Phi) is 37.3. The molecule has 688 valence electrons. The molecule has 15 aromatic rings. The van der Waals surface area contributed by atoms with Gasteiger partial charge in [0.05, 0.1) is 104 Å². The highest BCUT2D eigenvalue weighted by Gasteiger charge is 2.54. The van der Waals surface area contributed by atoms with Gasteiger partial charge < -0.3 is 39.7 Å². The summed E-state index contributed by atoms with van der Waals surface area (Å²) in [5.41, 5.74) is 7.70. The number of rotatable bonds is 35. The number of Topliss-reactive ketones (excluding diaryl/α,β-unsaturated/α-hetero) is 3. The number of carbonyl (C=O) groups is 3. The standard InChI is InChI=1S/C19H18FIN2O3S2.C18H14BrF2NO3S.C17H14BrFN2O3S.C17H17FIN3O3S2.C17H14FIN2O3S/c20-16-10-14(21)3-1-12(16)9-15-17(4-2-13-11-22-27-18(13)15)23-28(25,26)19(5-6-19)7-8-24;19-11-2-1-10(15(20)6-11)5-13-12(17(24)9-25-4-3-23)7-16(21)14-8-22-26-18(13)14;18-12-2-1-10(14(19)6-12)5-13-16(15(23)9-24-4-3-22)20-7-11-8-21-25-17(11)13;1-10-6-12-9-20-26-17(12)14(7-11-2-3-13(19)8-15(11)18)16(10)22-27(24,25)21-4-5-23;18-14-6-12(19)2-1-10(14)5-13-16(15(23)9-24-4-3-22)20-7-11-8-21-25-17(11)13/h1-4,10-11,23-24H,5-9H2;1-2,6-8,23H,3-5,9H2;1-2,6-8,22H,3-5,9H2;2-3,6,8-9,21-23H,4-5,7H2,1H3;1-2,6-8,22H,3-5,9H2. The molecule has 8 aromatic carbocycles. The fraction of sp³-hybridized carbons (Fsp3) is 0.250. The molecule has 0 aliphatic heterocycles. The van der Waals surface area contributed by atoms with E-state index < -0.39 is 42.4 Å². The number of hydrogen-bond donors (Lipinski definition) is 8. The van der Waals surface area contributed by atoms with Gasteiger partial charge >= 0.3 is 0 Å². The van der Waals surface area contributed by atoms with Crippen LogP contribution in [0.4, 0.5) is 37.7 Å². The maximum atomic E-state index is 14.4. The number of ketones is 3. The number of nitrogens with one attached hydrogen (secondary N) is 3. The maximum absolute atomic E-state index is 14.4. The van der Waals surface area contributed by atoms with E-state index in [4.69, 9.17) is 34.6 Å². The molecule has 1 saturated carbocycles. The van der Waals surface area contributed by atoms with Crippen molar-refractivity contribution in [1.29, 1.82) is 0 Å². The summed E-state index contributed by atoms with van der Waals surface area (Å²) in [5.74, 6) is -3.35. The van der Waals surface area contributed by atoms with Crippen LogP contribution in [0.25, 0.3) is 50.4 Å². The number of hydrogen-bond acceptors (Lipinski definition) is 27. The molecule has 0 bridgehead atoms. The van der Waals surface area contributed by atoms with Gasteiger partial charge in [-0.25, -0.2) is 34.8 Å².